The van der Waals surface area contributed by atoms with Crippen LogP contribution in [0, 0.1) is 23.7 Å². The van der Waals surface area contributed by atoms with Crippen molar-refractivity contribution in [3.63, 3.8) is 0 Å². The van der Waals surface area contributed by atoms with Gasteiger partial charge >= 0.3 is 5.97 Å². The summed E-state index contributed by atoms with van der Waals surface area (Å²) in [4.78, 5) is 16.6. The molecule has 0 amide bonds. The first-order valence-corrected chi connectivity index (χ1v) is 7.55. The zero-order valence-corrected chi connectivity index (χ0v) is 12.9. The molecule has 20 heavy (non-hydrogen) atoms. The minimum atomic E-state index is -0.614. The summed E-state index contributed by atoms with van der Waals surface area (Å²) in [5.74, 6) is 1.05. The van der Waals surface area contributed by atoms with Crippen LogP contribution in [-0.2, 0) is 14.4 Å². The Morgan fingerprint density at radius 3 is 2.75 bits per heavy atom. The van der Waals surface area contributed by atoms with Crippen LogP contribution in [0.3, 0.4) is 0 Å². The highest BCUT2D eigenvalue weighted by Crippen LogP contribution is 2.48. The normalized spacial score (nSPS) is 38.6. The van der Waals surface area contributed by atoms with E-state index in [-0.39, 0.29) is 17.8 Å². The number of carbonyl (C=O) groups excluding carboxylic acids is 1. The smallest absolute Gasteiger partial charge is 0.308 e. The van der Waals surface area contributed by atoms with Gasteiger partial charge in [-0.2, -0.15) is 0 Å². The topological polar surface area (TPSA) is 55.8 Å². The van der Waals surface area contributed by atoms with Crippen molar-refractivity contribution < 1.29 is 19.7 Å². The molecule has 1 saturated carbocycles. The molecule has 114 valence electrons. The lowest BCUT2D eigenvalue weighted by molar-refractivity contribution is -0.306. The summed E-state index contributed by atoms with van der Waals surface area (Å²) in [5, 5.41) is 9.15. The SMILES string of the molecule is COC(=O)[C@@H](C)[C@H]1CC[C@H](C)[C@H]2CCC(C)(OO)C=C12. The second kappa shape index (κ2) is 5.86. The third kappa shape index (κ3) is 2.77. The van der Waals surface area contributed by atoms with Crippen LogP contribution in [0.15, 0.2) is 11.6 Å². The van der Waals surface area contributed by atoms with E-state index < -0.39 is 5.60 Å². The molecule has 0 aromatic heterocycles. The Morgan fingerprint density at radius 2 is 2.15 bits per heavy atom. The molecule has 0 heterocycles. The van der Waals surface area contributed by atoms with Crippen LogP contribution in [0.5, 0.6) is 0 Å². The standard InChI is InChI=1S/C16H26O4/c1-10-5-6-13(11(2)15(17)19-4)14-9-16(3,20-18)8-7-12(10)14/h9-13,18H,5-8H2,1-4H3/t10-,11-,12+,13+,16?/m0/s1. The highest BCUT2D eigenvalue weighted by atomic mass is 17.1. The molecule has 2 aliphatic rings. The van der Waals surface area contributed by atoms with Crippen LogP contribution in [0.4, 0.5) is 0 Å². The van der Waals surface area contributed by atoms with Crippen molar-refractivity contribution in [3.8, 4) is 0 Å². The summed E-state index contributed by atoms with van der Waals surface area (Å²) in [5.41, 5.74) is 0.668. The summed E-state index contributed by atoms with van der Waals surface area (Å²) in [6, 6.07) is 0. The van der Waals surface area contributed by atoms with Gasteiger partial charge < -0.3 is 4.74 Å². The summed E-state index contributed by atoms with van der Waals surface area (Å²) in [6.45, 7) is 6.12. The molecule has 0 spiro atoms. The van der Waals surface area contributed by atoms with Gasteiger partial charge in [-0.05, 0) is 50.4 Å². The Kier molecular flexibility index (Phi) is 4.55. The molecular weight excluding hydrogens is 256 g/mol. The first-order chi connectivity index (χ1) is 9.41. The summed E-state index contributed by atoms with van der Waals surface area (Å²) < 4.78 is 4.90. The Bertz CT molecular complexity index is 403. The van der Waals surface area contributed by atoms with Crippen molar-refractivity contribution in [3.05, 3.63) is 11.6 Å². The van der Waals surface area contributed by atoms with E-state index in [1.165, 1.54) is 12.7 Å². The van der Waals surface area contributed by atoms with E-state index in [1.807, 2.05) is 13.8 Å². The molecule has 0 radical (unpaired) electrons. The first kappa shape index (κ1) is 15.5. The lowest BCUT2D eigenvalue weighted by Crippen LogP contribution is -2.40. The third-order valence-electron chi connectivity index (χ3n) is 5.29. The number of fused-ring (bicyclic) bond motifs is 1. The predicted octanol–water partition coefficient (Wildman–Crippen LogP) is 3.43. The van der Waals surface area contributed by atoms with Crippen LogP contribution in [0.25, 0.3) is 0 Å². The van der Waals surface area contributed by atoms with Gasteiger partial charge in [-0.1, -0.05) is 25.5 Å². The molecule has 0 aromatic carbocycles. The van der Waals surface area contributed by atoms with Gasteiger partial charge in [-0.15, -0.1) is 0 Å². The number of rotatable bonds is 3. The van der Waals surface area contributed by atoms with Crippen LogP contribution in [0.1, 0.15) is 46.5 Å². The largest absolute Gasteiger partial charge is 0.469 e. The van der Waals surface area contributed by atoms with Crippen LogP contribution in [0.2, 0.25) is 0 Å². The number of esters is 1. The van der Waals surface area contributed by atoms with Gasteiger partial charge in [0.15, 0.2) is 0 Å². The summed E-state index contributed by atoms with van der Waals surface area (Å²) >= 11 is 0. The number of hydrogen-bond acceptors (Lipinski definition) is 4. The molecule has 1 unspecified atom stereocenters. The number of carbonyl (C=O) groups is 1. The molecule has 4 nitrogen and oxygen atoms in total. The Morgan fingerprint density at radius 1 is 1.45 bits per heavy atom. The summed E-state index contributed by atoms with van der Waals surface area (Å²) in [6.07, 6.45) is 6.03. The molecule has 0 saturated heterocycles. The van der Waals surface area contributed by atoms with E-state index in [2.05, 4.69) is 17.9 Å². The van der Waals surface area contributed by atoms with E-state index in [9.17, 15) is 4.79 Å². The third-order valence-corrected chi connectivity index (χ3v) is 5.29. The molecule has 1 fully saturated rings. The Hall–Kier alpha value is -0.870. The number of ether oxygens (including phenoxy) is 1. The quantitative estimate of drug-likeness (QED) is 0.373. The van der Waals surface area contributed by atoms with Crippen molar-refractivity contribution in [2.24, 2.45) is 23.7 Å². The van der Waals surface area contributed by atoms with Gasteiger partial charge in [0, 0.05) is 0 Å². The monoisotopic (exact) mass is 282 g/mol. The zero-order chi connectivity index (χ0) is 14.9. The first-order valence-electron chi connectivity index (χ1n) is 7.55. The van der Waals surface area contributed by atoms with Crippen molar-refractivity contribution >= 4 is 5.97 Å². The molecule has 0 aliphatic heterocycles. The second-order valence-electron chi connectivity index (χ2n) is 6.67. The van der Waals surface area contributed by atoms with E-state index in [0.29, 0.717) is 11.8 Å². The summed E-state index contributed by atoms with van der Waals surface area (Å²) in [7, 11) is 1.44. The highest BCUT2D eigenvalue weighted by Gasteiger charge is 2.42. The maximum absolute atomic E-state index is 11.9. The van der Waals surface area contributed by atoms with E-state index in [4.69, 9.17) is 9.99 Å². The maximum Gasteiger partial charge on any atom is 0.308 e. The molecule has 5 atom stereocenters. The van der Waals surface area contributed by atoms with E-state index in [1.54, 1.807) is 0 Å². The Labute approximate surface area is 121 Å². The minimum Gasteiger partial charge on any atom is -0.469 e. The van der Waals surface area contributed by atoms with E-state index >= 15 is 0 Å². The van der Waals surface area contributed by atoms with Crippen LogP contribution in [-0.4, -0.2) is 23.9 Å². The average molecular weight is 282 g/mol. The van der Waals surface area contributed by atoms with Crippen molar-refractivity contribution in [1.29, 1.82) is 0 Å². The molecule has 0 aromatic rings. The van der Waals surface area contributed by atoms with Gasteiger partial charge in [0.2, 0.25) is 0 Å². The number of hydrogen-bond donors (Lipinski definition) is 1. The lowest BCUT2D eigenvalue weighted by Gasteiger charge is -2.44. The fourth-order valence-electron chi connectivity index (χ4n) is 3.91. The molecular formula is C16H26O4. The number of methoxy groups -OCH3 is 1. The second-order valence-corrected chi connectivity index (χ2v) is 6.67. The zero-order valence-electron chi connectivity index (χ0n) is 12.9. The van der Waals surface area contributed by atoms with Crippen molar-refractivity contribution in [1.82, 2.24) is 0 Å². The van der Waals surface area contributed by atoms with Gasteiger partial charge in [-0.3, -0.25) is 10.1 Å². The van der Waals surface area contributed by atoms with Crippen LogP contribution >= 0.6 is 0 Å². The van der Waals surface area contributed by atoms with Gasteiger partial charge in [0.05, 0.1) is 13.0 Å². The number of allylic oxidation sites excluding steroid dienone is 1. The van der Waals surface area contributed by atoms with Gasteiger partial charge in [-0.25, -0.2) is 4.89 Å². The molecule has 2 rings (SSSR count). The van der Waals surface area contributed by atoms with Crippen LogP contribution < -0.4 is 0 Å². The van der Waals surface area contributed by atoms with Gasteiger partial charge in [0.1, 0.15) is 5.60 Å². The molecule has 0 bridgehead atoms. The lowest BCUT2D eigenvalue weighted by atomic mass is 9.62. The fraction of sp³-hybridized carbons (Fsp3) is 0.812. The highest BCUT2D eigenvalue weighted by molar-refractivity contribution is 5.72. The molecule has 1 N–H and O–H groups in total. The predicted molar refractivity (Wildman–Crippen MR) is 76.0 cm³/mol. The van der Waals surface area contributed by atoms with E-state index in [0.717, 1.165) is 25.7 Å². The molecule has 2 aliphatic carbocycles. The van der Waals surface area contributed by atoms with Crippen molar-refractivity contribution in [2.45, 2.75) is 52.1 Å². The average Bonchev–Trinajstić information content (AvgIpc) is 2.46. The molecule has 4 heteroatoms. The minimum absolute atomic E-state index is 0.137. The Balaban J connectivity index is 2.31. The maximum atomic E-state index is 11.9. The van der Waals surface area contributed by atoms with Crippen molar-refractivity contribution in [2.75, 3.05) is 7.11 Å². The fourth-order valence-corrected chi connectivity index (χ4v) is 3.91. The van der Waals surface area contributed by atoms with Gasteiger partial charge in [0.25, 0.3) is 0 Å².